The van der Waals surface area contributed by atoms with Crippen LogP contribution in [0.4, 0.5) is 10.5 Å². The van der Waals surface area contributed by atoms with E-state index in [-0.39, 0.29) is 55.2 Å². The number of fused-ring (bicyclic) bond motifs is 1. The van der Waals surface area contributed by atoms with Crippen LogP contribution >= 0.6 is 24.0 Å². The number of hydrazine groups is 1. The monoisotopic (exact) mass is 883 g/mol. The number of carboxylic acid groups (broad SMARTS) is 5. The summed E-state index contributed by atoms with van der Waals surface area (Å²) in [4.78, 5) is 85.3. The first kappa shape index (κ1) is 49.6. The molecule has 3 amide bonds. The number of hydrogen-bond acceptors (Lipinski definition) is 13. The van der Waals surface area contributed by atoms with Gasteiger partial charge in [0.2, 0.25) is 5.91 Å². The molecule has 1 aromatic rings. The fraction of sp³-hybridized carbons (Fsp3) is 0.622. The fourth-order valence-corrected chi connectivity index (χ4v) is 8.80. The van der Waals surface area contributed by atoms with Crippen molar-refractivity contribution in [1.82, 2.24) is 36.0 Å². The molecule has 2 aliphatic heterocycles. The first-order valence-corrected chi connectivity index (χ1v) is 21.1. The summed E-state index contributed by atoms with van der Waals surface area (Å²) in [6.07, 6.45) is 5.64. The number of carbonyl (C=O) groups excluding carboxylic acids is 2. The van der Waals surface area contributed by atoms with E-state index in [1.165, 1.54) is 14.8 Å². The SMILES string of the molecule is NN(C(=S)NCCCCCNC(=O)CCCC[C@@H]1SC[C@@H]2NC(=O)N[C@@H]21)c1ccc(CC(CN(CCN(CC(=O)O)CC(=O)O)CC(=O)O)N(CC(=O)O)CC(=O)O)cc1. The van der Waals surface area contributed by atoms with Gasteiger partial charge < -0.3 is 46.8 Å². The minimum Gasteiger partial charge on any atom is -0.480 e. The largest absolute Gasteiger partial charge is 0.480 e. The number of carbonyl (C=O) groups is 7. The Balaban J connectivity index is 1.46. The van der Waals surface area contributed by atoms with Crippen LogP contribution in [0, 0.1) is 0 Å². The summed E-state index contributed by atoms with van der Waals surface area (Å²) in [6, 6.07) is 6.15. The van der Waals surface area contributed by atoms with Gasteiger partial charge in [0.25, 0.3) is 0 Å². The number of hydrogen-bond donors (Lipinski definition) is 10. The number of rotatable bonds is 30. The summed E-state index contributed by atoms with van der Waals surface area (Å²) in [7, 11) is 0. The predicted molar refractivity (Wildman–Crippen MR) is 225 cm³/mol. The van der Waals surface area contributed by atoms with Gasteiger partial charge in [-0.1, -0.05) is 18.6 Å². The molecule has 60 heavy (non-hydrogen) atoms. The molecule has 2 aliphatic rings. The van der Waals surface area contributed by atoms with Gasteiger partial charge in [-0.25, -0.2) is 10.6 Å². The van der Waals surface area contributed by atoms with Crippen LogP contribution in [0.15, 0.2) is 24.3 Å². The topological polar surface area (TPSA) is 308 Å². The second-order valence-electron chi connectivity index (χ2n) is 14.7. The van der Waals surface area contributed by atoms with Crippen molar-refractivity contribution in [3.8, 4) is 0 Å². The molecule has 334 valence electrons. The van der Waals surface area contributed by atoms with Gasteiger partial charge in [0.05, 0.1) is 50.5 Å². The maximum Gasteiger partial charge on any atom is 0.317 e. The van der Waals surface area contributed by atoms with Crippen molar-refractivity contribution in [2.45, 2.75) is 74.7 Å². The summed E-state index contributed by atoms with van der Waals surface area (Å²) < 4.78 is 0. The zero-order valence-electron chi connectivity index (χ0n) is 33.3. The van der Waals surface area contributed by atoms with Gasteiger partial charge in [0.1, 0.15) is 0 Å². The van der Waals surface area contributed by atoms with Gasteiger partial charge in [-0.2, -0.15) is 11.8 Å². The lowest BCUT2D eigenvalue weighted by molar-refractivity contribution is -0.144. The van der Waals surface area contributed by atoms with Crippen LogP contribution in [-0.4, -0.2) is 182 Å². The average molecular weight is 884 g/mol. The quantitative estimate of drug-likeness (QED) is 0.0153. The van der Waals surface area contributed by atoms with Crippen LogP contribution in [0.5, 0.6) is 0 Å². The molecule has 3 rings (SSSR count). The number of carboxylic acids is 5. The second-order valence-corrected chi connectivity index (χ2v) is 16.4. The number of benzene rings is 1. The third kappa shape index (κ3) is 18.6. The molecule has 2 saturated heterocycles. The molecule has 2 heterocycles. The Morgan fingerprint density at radius 3 is 1.93 bits per heavy atom. The first-order chi connectivity index (χ1) is 28.5. The molecule has 1 aromatic carbocycles. The number of thiocarbonyl (C=S) groups is 1. The standard InChI is InChI=1S/C37H57N9O12S2/c38-46(37(59)40-13-5-1-4-12-39-29(47)7-3-2-6-28-35-27(23-60-28)41-36(58)42-35)25-10-8-24(9-11-25)16-26(45(21-33(54)55)22-34(56)57)17-43(18-30(48)49)14-15-44(19-31(50)51)20-32(52)53/h8-11,26-28,35H,1-7,12-23,38H2,(H,39,47)(H,40,59)(H,48,49)(H,50,51)(H,52,53)(H,54,55)(H,56,57)(H2,41,42,58)/t26?,27-,28-,35-/m0/s1. The maximum atomic E-state index is 12.3. The highest BCUT2D eigenvalue weighted by molar-refractivity contribution is 8.00. The van der Waals surface area contributed by atoms with Crippen LogP contribution in [0.3, 0.4) is 0 Å². The number of thioether (sulfide) groups is 1. The van der Waals surface area contributed by atoms with Crippen molar-refractivity contribution in [2.24, 2.45) is 5.84 Å². The van der Waals surface area contributed by atoms with Gasteiger partial charge in [-0.05, 0) is 68.4 Å². The van der Waals surface area contributed by atoms with Crippen LogP contribution in [0.2, 0.25) is 0 Å². The third-order valence-corrected chi connectivity index (χ3v) is 11.8. The average Bonchev–Trinajstić information content (AvgIpc) is 3.72. The van der Waals surface area contributed by atoms with E-state index in [0.717, 1.165) is 49.2 Å². The molecule has 0 spiro atoms. The van der Waals surface area contributed by atoms with Gasteiger partial charge in [0.15, 0.2) is 5.11 Å². The number of amides is 3. The highest BCUT2D eigenvalue weighted by atomic mass is 32.2. The molecule has 4 atom stereocenters. The molecule has 1 unspecified atom stereocenters. The summed E-state index contributed by atoms with van der Waals surface area (Å²) in [5.41, 5.74) is 1.15. The van der Waals surface area contributed by atoms with E-state index in [0.29, 0.717) is 36.0 Å². The van der Waals surface area contributed by atoms with E-state index in [2.05, 4.69) is 21.3 Å². The third-order valence-electron chi connectivity index (χ3n) is 9.91. The van der Waals surface area contributed by atoms with Gasteiger partial charge in [-0.15, -0.1) is 0 Å². The number of aliphatic carboxylic acids is 5. The summed E-state index contributed by atoms with van der Waals surface area (Å²) in [5.74, 6) is 0.776. The Morgan fingerprint density at radius 1 is 0.767 bits per heavy atom. The number of nitrogens with zero attached hydrogens (tertiary/aromatic N) is 4. The number of unbranched alkanes of at least 4 members (excludes halogenated alkanes) is 3. The smallest absolute Gasteiger partial charge is 0.317 e. The van der Waals surface area contributed by atoms with Crippen LogP contribution < -0.4 is 32.1 Å². The molecule has 21 nitrogen and oxygen atoms in total. The van der Waals surface area contributed by atoms with Gasteiger partial charge >= 0.3 is 35.9 Å². The van der Waals surface area contributed by atoms with E-state index in [9.17, 15) is 59.1 Å². The minimum atomic E-state index is -1.31. The van der Waals surface area contributed by atoms with Crippen LogP contribution in [-0.2, 0) is 35.2 Å². The maximum absolute atomic E-state index is 12.3. The van der Waals surface area contributed by atoms with E-state index < -0.39 is 68.6 Å². The van der Waals surface area contributed by atoms with Crippen molar-refractivity contribution in [1.29, 1.82) is 0 Å². The Labute approximate surface area is 357 Å². The highest BCUT2D eigenvalue weighted by Crippen LogP contribution is 2.33. The van der Waals surface area contributed by atoms with E-state index in [1.54, 1.807) is 24.3 Å². The van der Waals surface area contributed by atoms with E-state index in [4.69, 9.17) is 18.1 Å². The molecule has 11 N–H and O–H groups in total. The lowest BCUT2D eigenvalue weighted by Crippen LogP contribution is -2.51. The summed E-state index contributed by atoms with van der Waals surface area (Å²) in [5, 5.41) is 61.1. The lowest BCUT2D eigenvalue weighted by atomic mass is 10.0. The molecule has 0 aliphatic carbocycles. The lowest BCUT2D eigenvalue weighted by Gasteiger charge is -2.34. The van der Waals surface area contributed by atoms with Gasteiger partial charge in [-0.3, -0.25) is 48.5 Å². The molecule has 0 radical (unpaired) electrons. The zero-order valence-corrected chi connectivity index (χ0v) is 35.0. The molecule has 23 heteroatoms. The normalized spacial score (nSPS) is 17.5. The van der Waals surface area contributed by atoms with Crippen molar-refractivity contribution < 1.29 is 59.1 Å². The Hall–Kier alpha value is -4.81. The molecule has 0 saturated carbocycles. The Bertz CT molecular complexity index is 1610. The number of nitrogens with two attached hydrogens (primary N) is 1. The van der Waals surface area contributed by atoms with E-state index in [1.807, 2.05) is 11.8 Å². The zero-order chi connectivity index (χ0) is 44.2. The minimum absolute atomic E-state index is 0.0244. The fourth-order valence-electron chi connectivity index (χ4n) is 7.05. The van der Waals surface area contributed by atoms with Gasteiger partial charge in [0, 0.05) is 56.2 Å². The number of anilines is 1. The van der Waals surface area contributed by atoms with Crippen LogP contribution in [0.1, 0.15) is 50.5 Å². The van der Waals surface area contributed by atoms with Crippen molar-refractivity contribution >= 4 is 76.6 Å². The molecule has 0 bridgehead atoms. The summed E-state index contributed by atoms with van der Waals surface area (Å²) in [6.45, 7) is -2.43. The van der Waals surface area contributed by atoms with Crippen molar-refractivity contribution in [3.05, 3.63) is 29.8 Å². The highest BCUT2D eigenvalue weighted by Gasteiger charge is 2.42. The molecular formula is C37H57N9O12S2. The number of nitrogens with one attached hydrogen (secondary N) is 4. The predicted octanol–water partition coefficient (Wildman–Crippen LogP) is -0.506. The Morgan fingerprint density at radius 2 is 1.33 bits per heavy atom. The number of urea groups is 1. The summed E-state index contributed by atoms with van der Waals surface area (Å²) >= 11 is 7.33. The second kappa shape index (κ2) is 25.7. The molecule has 0 aromatic heterocycles. The molecule has 2 fully saturated rings. The first-order valence-electron chi connectivity index (χ1n) is 19.6. The van der Waals surface area contributed by atoms with E-state index >= 15 is 0 Å². The van der Waals surface area contributed by atoms with Crippen molar-refractivity contribution in [2.75, 3.05) is 76.2 Å². The molecular weight excluding hydrogens is 827 g/mol. The van der Waals surface area contributed by atoms with Crippen molar-refractivity contribution in [3.63, 3.8) is 0 Å². The Kier molecular flexibility index (Phi) is 21.3. The van der Waals surface area contributed by atoms with Crippen LogP contribution in [0.25, 0.3) is 0 Å².